The van der Waals surface area contributed by atoms with Gasteiger partial charge < -0.3 is 18.6 Å². The maximum absolute atomic E-state index is 16.5. The average Bonchev–Trinajstić information content (AvgIpc) is 4.15. The lowest BCUT2D eigenvalue weighted by atomic mass is 9.90. The second kappa shape index (κ2) is 17.6. The quantitative estimate of drug-likeness (QED) is 0.135. The summed E-state index contributed by atoms with van der Waals surface area (Å²) in [5, 5.41) is 6.57. The molecular weight excluding hydrogens is 917 g/mol. The molecule has 1 amide bonds. The lowest BCUT2D eigenvalue weighted by Crippen LogP contribution is -2.29. The number of fused-ring (bicyclic) bond motifs is 9. The molecule has 0 aliphatic heterocycles. The van der Waals surface area contributed by atoms with Crippen molar-refractivity contribution in [2.24, 2.45) is 0 Å². The second-order valence-electron chi connectivity index (χ2n) is 19.2. The van der Waals surface area contributed by atoms with Crippen molar-refractivity contribution in [1.82, 2.24) is 13.7 Å². The van der Waals surface area contributed by atoms with Crippen molar-refractivity contribution in [3.05, 3.63) is 266 Å². The third-order valence-corrected chi connectivity index (χ3v) is 15.1. The topological polar surface area (TPSA) is 52.2 Å². The number of rotatable bonds is 9. The summed E-state index contributed by atoms with van der Waals surface area (Å²) in [5.74, 6) is -0.326. The predicted octanol–water partition coefficient (Wildman–Crippen LogP) is 17.1. The summed E-state index contributed by atoms with van der Waals surface area (Å²) < 4.78 is 6.98. The smallest absolute Gasteiger partial charge is 0.260 e. The van der Waals surface area contributed by atoms with Crippen molar-refractivity contribution in [2.45, 2.75) is 0 Å². The summed E-state index contributed by atoms with van der Waals surface area (Å²) in [6, 6.07) is 88.1. The van der Waals surface area contributed by atoms with Gasteiger partial charge in [-0.2, -0.15) is 0 Å². The first-order valence-corrected chi connectivity index (χ1v) is 25.3. The number of para-hydroxylation sites is 6. The van der Waals surface area contributed by atoms with Gasteiger partial charge >= 0.3 is 0 Å². The van der Waals surface area contributed by atoms with Gasteiger partial charge in [-0.25, -0.2) is 0 Å². The van der Waals surface area contributed by atoms with E-state index in [1.165, 1.54) is 0 Å². The minimum Gasteiger partial charge on any atom is -0.310 e. The van der Waals surface area contributed by atoms with E-state index in [4.69, 9.17) is 0 Å². The first kappa shape index (κ1) is 43.7. The number of aldehydes is 1. The SMILES string of the molecule is CN(C(=O)c1c(C=O)cccc1-n1c2c(-n3c4ccccc4c4ccccc43)cccc2c2cccc(-n3c4ccccc4c4ccccc43)c21)c1c(-c2ccccc2)cc(-c2ccccc2)cc1-c1ccccc1. The van der Waals surface area contributed by atoms with E-state index < -0.39 is 0 Å². The molecule has 0 atom stereocenters. The summed E-state index contributed by atoms with van der Waals surface area (Å²) in [6.45, 7) is 0. The van der Waals surface area contributed by atoms with Gasteiger partial charge in [0.25, 0.3) is 5.91 Å². The van der Waals surface area contributed by atoms with Crippen LogP contribution in [0.3, 0.4) is 0 Å². The molecule has 14 rings (SSSR count). The molecule has 0 saturated carbocycles. The molecule has 0 saturated heterocycles. The number of anilines is 1. The Morgan fingerprint density at radius 3 is 1.15 bits per heavy atom. The highest BCUT2D eigenvalue weighted by atomic mass is 16.2. The van der Waals surface area contributed by atoms with E-state index in [1.807, 2.05) is 61.6 Å². The van der Waals surface area contributed by atoms with Crippen LogP contribution in [0.5, 0.6) is 0 Å². The standard InChI is InChI=1S/C69H46N4O2/c1-70(66-56(46-24-7-3-8-25-46)42-49(45-22-5-2-6-23-45)43-57(66)47-26-9-4-10-27-47)69(75)65-48(44-74)28-19-39-62(65)73-67-54(33-20-40-63(67)71-58-35-15-11-29-50(58)51-30-12-16-36-59(51)71)55-34-21-41-64(68(55)73)72-60-37-17-13-31-52(60)53-32-14-18-38-61(53)72/h2-44H,1H3. The number of nitrogens with zero attached hydrogens (tertiary/aromatic N) is 4. The number of hydrogen-bond acceptors (Lipinski definition) is 2. The van der Waals surface area contributed by atoms with Gasteiger partial charge in [-0.1, -0.05) is 200 Å². The monoisotopic (exact) mass is 962 g/mol. The van der Waals surface area contributed by atoms with E-state index >= 15 is 4.79 Å². The molecule has 0 spiro atoms. The van der Waals surface area contributed by atoms with Crippen LogP contribution in [0.1, 0.15) is 20.7 Å². The van der Waals surface area contributed by atoms with Crippen LogP contribution in [-0.2, 0) is 0 Å². The van der Waals surface area contributed by atoms with Crippen molar-refractivity contribution in [1.29, 1.82) is 0 Å². The van der Waals surface area contributed by atoms with Gasteiger partial charge in [0.05, 0.1) is 61.4 Å². The molecular formula is C69H46N4O2. The largest absolute Gasteiger partial charge is 0.310 e. The van der Waals surface area contributed by atoms with Crippen molar-refractivity contribution in [3.8, 4) is 50.4 Å². The molecule has 75 heavy (non-hydrogen) atoms. The Morgan fingerprint density at radius 1 is 0.360 bits per heavy atom. The van der Waals surface area contributed by atoms with Gasteiger partial charge in [-0.15, -0.1) is 0 Å². The minimum absolute atomic E-state index is 0.284. The Balaban J connectivity index is 1.11. The van der Waals surface area contributed by atoms with E-state index in [0.717, 1.165) is 122 Å². The molecule has 0 N–H and O–H groups in total. The van der Waals surface area contributed by atoms with Crippen LogP contribution in [0, 0.1) is 0 Å². The number of carbonyl (C=O) groups is 2. The van der Waals surface area contributed by atoms with Gasteiger partial charge in [0.2, 0.25) is 0 Å². The summed E-state index contributed by atoms with van der Waals surface area (Å²) in [6.07, 6.45) is 0.828. The maximum atomic E-state index is 16.5. The summed E-state index contributed by atoms with van der Waals surface area (Å²) in [5.41, 5.74) is 15.6. The minimum atomic E-state index is -0.326. The Kier molecular flexibility index (Phi) is 10.3. The fourth-order valence-corrected chi connectivity index (χ4v) is 11.9. The van der Waals surface area contributed by atoms with Gasteiger partial charge in [0.15, 0.2) is 6.29 Å². The Hall–Kier alpha value is -10.0. The molecule has 0 bridgehead atoms. The molecule has 0 fully saturated rings. The molecule has 0 unspecified atom stereocenters. The van der Waals surface area contributed by atoms with Crippen LogP contribution < -0.4 is 4.90 Å². The van der Waals surface area contributed by atoms with E-state index in [2.05, 4.69) is 208 Å². The highest BCUT2D eigenvalue weighted by molar-refractivity contribution is 6.21. The molecule has 0 aliphatic rings. The van der Waals surface area contributed by atoms with Crippen LogP contribution >= 0.6 is 0 Å². The first-order chi connectivity index (χ1) is 37.1. The fraction of sp³-hybridized carbons (Fsp3) is 0.0145. The third-order valence-electron chi connectivity index (χ3n) is 15.1. The zero-order valence-electron chi connectivity index (χ0n) is 40.9. The molecule has 6 nitrogen and oxygen atoms in total. The number of amides is 1. The van der Waals surface area contributed by atoms with Gasteiger partial charge in [-0.3, -0.25) is 9.59 Å². The zero-order valence-corrected chi connectivity index (χ0v) is 40.9. The maximum Gasteiger partial charge on any atom is 0.260 e. The lowest BCUT2D eigenvalue weighted by Gasteiger charge is -2.27. The van der Waals surface area contributed by atoms with E-state index in [9.17, 15) is 4.79 Å². The second-order valence-corrected chi connectivity index (χ2v) is 19.2. The highest BCUT2D eigenvalue weighted by Gasteiger charge is 2.30. The average molecular weight is 963 g/mol. The Labute approximate surface area is 432 Å². The lowest BCUT2D eigenvalue weighted by molar-refractivity contribution is 0.0986. The van der Waals surface area contributed by atoms with Crippen molar-refractivity contribution in [2.75, 3.05) is 11.9 Å². The summed E-state index contributed by atoms with van der Waals surface area (Å²) in [7, 11) is 1.85. The zero-order chi connectivity index (χ0) is 50.1. The van der Waals surface area contributed by atoms with Gasteiger partial charge in [-0.05, 0) is 76.9 Å². The van der Waals surface area contributed by atoms with E-state index in [1.54, 1.807) is 11.0 Å². The molecule has 3 aromatic heterocycles. The van der Waals surface area contributed by atoms with Gasteiger partial charge in [0.1, 0.15) is 0 Å². The van der Waals surface area contributed by atoms with Crippen molar-refractivity contribution < 1.29 is 9.59 Å². The number of benzene rings is 11. The molecule has 0 aliphatic carbocycles. The van der Waals surface area contributed by atoms with E-state index in [0.29, 0.717) is 5.69 Å². The van der Waals surface area contributed by atoms with Crippen LogP contribution in [0.4, 0.5) is 5.69 Å². The van der Waals surface area contributed by atoms with Crippen molar-refractivity contribution in [3.63, 3.8) is 0 Å². The number of aromatic nitrogens is 3. The Bertz CT molecular complexity index is 4250. The molecule has 6 heteroatoms. The van der Waals surface area contributed by atoms with E-state index in [-0.39, 0.29) is 17.0 Å². The normalized spacial score (nSPS) is 11.6. The molecule has 11 aromatic carbocycles. The van der Waals surface area contributed by atoms with Gasteiger partial charge in [0, 0.05) is 56.1 Å². The highest BCUT2D eigenvalue weighted by Crippen LogP contribution is 2.47. The van der Waals surface area contributed by atoms with Crippen LogP contribution in [0.15, 0.2) is 255 Å². The molecule has 14 aromatic rings. The number of hydrogen-bond donors (Lipinski definition) is 0. The predicted molar refractivity (Wildman–Crippen MR) is 310 cm³/mol. The summed E-state index contributed by atoms with van der Waals surface area (Å²) >= 11 is 0. The van der Waals surface area contributed by atoms with Crippen LogP contribution in [0.25, 0.3) is 116 Å². The third kappa shape index (κ3) is 6.80. The first-order valence-electron chi connectivity index (χ1n) is 25.3. The molecule has 3 heterocycles. The number of carbonyl (C=O) groups excluding carboxylic acids is 2. The molecule has 354 valence electrons. The van der Waals surface area contributed by atoms with Crippen LogP contribution in [0.2, 0.25) is 0 Å². The summed E-state index contributed by atoms with van der Waals surface area (Å²) in [4.78, 5) is 32.1. The Morgan fingerprint density at radius 2 is 0.720 bits per heavy atom. The van der Waals surface area contributed by atoms with Crippen molar-refractivity contribution >= 4 is 83.3 Å². The van der Waals surface area contributed by atoms with Crippen LogP contribution in [-0.4, -0.2) is 32.9 Å². The molecule has 0 radical (unpaired) electrons. The fourth-order valence-electron chi connectivity index (χ4n) is 11.9.